The number of hydrogen-bond donors (Lipinski definition) is 1. The molecule has 1 N–H and O–H groups in total. The molecule has 3 rings (SSSR count). The van der Waals surface area contributed by atoms with Crippen molar-refractivity contribution < 1.29 is 27.8 Å². The number of esters is 1. The Morgan fingerprint density at radius 1 is 1.05 bits per heavy atom. The summed E-state index contributed by atoms with van der Waals surface area (Å²) in [5.41, 5.74) is 3.48. The van der Waals surface area contributed by atoms with Gasteiger partial charge in [-0.3, -0.25) is 9.59 Å². The van der Waals surface area contributed by atoms with E-state index in [1.807, 2.05) is 39.8 Å². The van der Waals surface area contributed by atoms with Crippen LogP contribution < -0.4 is 10.2 Å². The van der Waals surface area contributed by atoms with Crippen LogP contribution in [0.4, 0.5) is 14.5 Å². The number of rotatable bonds is 10. The SMILES string of the molecule is CCOC(=O)C[C@H](NC(=O)[C@H](Br)CC(C)C)c1c(F)c(C)cc(-c2c(C)cc(N3CCOCC3)cc2C)c1F. The smallest absolute Gasteiger partial charge is 0.308 e. The highest BCUT2D eigenvalue weighted by atomic mass is 79.9. The number of amides is 1. The van der Waals surface area contributed by atoms with Crippen LogP contribution in [-0.4, -0.2) is 49.6 Å². The molecule has 214 valence electrons. The predicted octanol–water partition coefficient (Wildman–Crippen LogP) is 6.31. The molecule has 0 aliphatic carbocycles. The highest BCUT2D eigenvalue weighted by molar-refractivity contribution is 9.10. The molecule has 39 heavy (non-hydrogen) atoms. The number of halogens is 3. The van der Waals surface area contributed by atoms with E-state index in [9.17, 15) is 9.59 Å². The van der Waals surface area contributed by atoms with Crippen LogP contribution >= 0.6 is 15.9 Å². The van der Waals surface area contributed by atoms with E-state index in [0.29, 0.717) is 25.2 Å². The second kappa shape index (κ2) is 13.7. The Morgan fingerprint density at radius 3 is 2.23 bits per heavy atom. The topological polar surface area (TPSA) is 67.9 Å². The van der Waals surface area contributed by atoms with E-state index in [-0.39, 0.29) is 29.2 Å². The summed E-state index contributed by atoms with van der Waals surface area (Å²) in [5.74, 6) is -2.47. The van der Waals surface area contributed by atoms with Crippen molar-refractivity contribution in [1.82, 2.24) is 5.32 Å². The van der Waals surface area contributed by atoms with Crippen LogP contribution in [-0.2, 0) is 19.1 Å². The van der Waals surface area contributed by atoms with E-state index < -0.39 is 40.8 Å². The molecule has 2 atom stereocenters. The second-order valence-electron chi connectivity index (χ2n) is 10.5. The Bertz CT molecular complexity index is 1170. The van der Waals surface area contributed by atoms with Crippen molar-refractivity contribution in [1.29, 1.82) is 0 Å². The first-order valence-electron chi connectivity index (χ1n) is 13.5. The van der Waals surface area contributed by atoms with Gasteiger partial charge in [0.25, 0.3) is 0 Å². The molecule has 2 aromatic rings. The Balaban J connectivity index is 2.09. The van der Waals surface area contributed by atoms with Crippen LogP contribution in [0.1, 0.15) is 61.9 Å². The minimum atomic E-state index is -1.24. The summed E-state index contributed by atoms with van der Waals surface area (Å²) in [6.45, 7) is 13.9. The molecule has 9 heteroatoms. The molecule has 2 aromatic carbocycles. The van der Waals surface area contributed by atoms with Gasteiger partial charge < -0.3 is 19.7 Å². The van der Waals surface area contributed by atoms with Crippen LogP contribution in [0.2, 0.25) is 0 Å². The summed E-state index contributed by atoms with van der Waals surface area (Å²) in [6.07, 6.45) is 0.127. The van der Waals surface area contributed by atoms with Crippen LogP contribution in [0.15, 0.2) is 18.2 Å². The number of aryl methyl sites for hydroxylation is 3. The standard InChI is InChI=1S/C30H39BrF2N2O4/c1-7-39-25(36)16-24(34-30(37)23(31)12-17(2)3)27-28(32)20(6)15-22(29(27)33)26-18(4)13-21(14-19(26)5)35-8-10-38-11-9-35/h13-15,17,23-24H,7-12,16H2,1-6H3,(H,34,37)/t23-,24+/m1/s1. The van der Waals surface area contributed by atoms with Crippen LogP contribution in [0.25, 0.3) is 11.1 Å². The molecular weight excluding hydrogens is 570 g/mol. The molecule has 1 amide bonds. The van der Waals surface area contributed by atoms with Crippen LogP contribution in [0, 0.1) is 38.3 Å². The zero-order valence-electron chi connectivity index (χ0n) is 23.6. The second-order valence-corrected chi connectivity index (χ2v) is 11.6. The molecule has 0 saturated carbocycles. The molecule has 1 fully saturated rings. The third-order valence-corrected chi connectivity index (χ3v) is 7.67. The molecule has 0 bridgehead atoms. The number of benzene rings is 2. The summed E-state index contributed by atoms with van der Waals surface area (Å²) >= 11 is 3.38. The lowest BCUT2D eigenvalue weighted by Crippen LogP contribution is -2.37. The summed E-state index contributed by atoms with van der Waals surface area (Å²) in [4.78, 5) is 27.1. The van der Waals surface area contributed by atoms with Crippen molar-refractivity contribution in [3.63, 3.8) is 0 Å². The maximum atomic E-state index is 16.4. The molecule has 1 heterocycles. The van der Waals surface area contributed by atoms with Gasteiger partial charge in [0.2, 0.25) is 5.91 Å². The Labute approximate surface area is 238 Å². The molecule has 1 saturated heterocycles. The molecule has 6 nitrogen and oxygen atoms in total. The van der Waals surface area contributed by atoms with Gasteiger partial charge in [0.1, 0.15) is 11.6 Å². The van der Waals surface area contributed by atoms with E-state index in [0.717, 1.165) is 29.9 Å². The number of nitrogens with zero attached hydrogens (tertiary/aromatic N) is 1. The Kier molecular flexibility index (Phi) is 10.9. The van der Waals surface area contributed by atoms with Crippen LogP contribution in [0.5, 0.6) is 0 Å². The molecule has 1 aliphatic heterocycles. The molecular formula is C30H39BrF2N2O4. The minimum absolute atomic E-state index is 0.117. The maximum absolute atomic E-state index is 16.4. The number of hydrogen-bond acceptors (Lipinski definition) is 5. The largest absolute Gasteiger partial charge is 0.466 e. The zero-order chi connectivity index (χ0) is 28.9. The molecule has 0 aromatic heterocycles. The van der Waals surface area contributed by atoms with E-state index >= 15 is 8.78 Å². The summed E-state index contributed by atoms with van der Waals surface area (Å²) in [6, 6.07) is 4.26. The van der Waals surface area contributed by atoms with Crippen molar-refractivity contribution in [3.05, 3.63) is 52.1 Å². The first-order valence-corrected chi connectivity index (χ1v) is 14.4. The molecule has 0 radical (unpaired) electrons. The lowest BCUT2D eigenvalue weighted by Gasteiger charge is -2.30. The number of morpholine rings is 1. The van der Waals surface area contributed by atoms with Gasteiger partial charge in [-0.25, -0.2) is 8.78 Å². The fourth-order valence-electron chi connectivity index (χ4n) is 5.05. The highest BCUT2D eigenvalue weighted by Gasteiger charge is 2.31. The molecule has 1 aliphatic rings. The van der Waals surface area contributed by atoms with E-state index in [1.54, 1.807) is 13.8 Å². The van der Waals surface area contributed by atoms with Gasteiger partial charge in [-0.05, 0) is 80.5 Å². The van der Waals surface area contributed by atoms with Gasteiger partial charge in [0.15, 0.2) is 0 Å². The predicted molar refractivity (Wildman–Crippen MR) is 153 cm³/mol. The number of anilines is 1. The number of carbonyl (C=O) groups is 2. The van der Waals surface area contributed by atoms with Crippen molar-refractivity contribution in [2.45, 2.75) is 65.3 Å². The average Bonchev–Trinajstić information content (AvgIpc) is 2.86. The number of nitrogens with one attached hydrogen (secondary N) is 1. The quantitative estimate of drug-likeness (QED) is 0.253. The lowest BCUT2D eigenvalue weighted by atomic mass is 9.89. The van der Waals surface area contributed by atoms with Gasteiger partial charge in [-0.1, -0.05) is 29.8 Å². The van der Waals surface area contributed by atoms with Gasteiger partial charge in [-0.2, -0.15) is 0 Å². The summed E-state index contributed by atoms with van der Waals surface area (Å²) in [5, 5.41) is 2.71. The van der Waals surface area contributed by atoms with Gasteiger partial charge in [-0.15, -0.1) is 0 Å². The third kappa shape index (κ3) is 7.57. The van der Waals surface area contributed by atoms with Crippen molar-refractivity contribution in [2.75, 3.05) is 37.8 Å². The number of alkyl halides is 1. The highest BCUT2D eigenvalue weighted by Crippen LogP contribution is 2.38. The monoisotopic (exact) mass is 608 g/mol. The fraction of sp³-hybridized carbons (Fsp3) is 0.533. The summed E-state index contributed by atoms with van der Waals surface area (Å²) in [7, 11) is 0. The van der Waals surface area contributed by atoms with Crippen molar-refractivity contribution in [3.8, 4) is 11.1 Å². The van der Waals surface area contributed by atoms with E-state index in [4.69, 9.17) is 9.47 Å². The van der Waals surface area contributed by atoms with Gasteiger partial charge >= 0.3 is 5.97 Å². The Morgan fingerprint density at radius 2 is 1.67 bits per heavy atom. The minimum Gasteiger partial charge on any atom is -0.466 e. The molecule has 0 spiro atoms. The summed E-state index contributed by atoms with van der Waals surface area (Å²) < 4.78 is 42.6. The maximum Gasteiger partial charge on any atom is 0.308 e. The van der Waals surface area contributed by atoms with E-state index in [2.05, 4.69) is 26.1 Å². The van der Waals surface area contributed by atoms with Crippen molar-refractivity contribution >= 4 is 33.5 Å². The fourth-order valence-corrected chi connectivity index (χ4v) is 5.93. The first kappa shape index (κ1) is 31.0. The number of carbonyl (C=O) groups excluding carboxylic acids is 2. The van der Waals surface area contributed by atoms with Crippen molar-refractivity contribution in [2.24, 2.45) is 5.92 Å². The average molecular weight is 610 g/mol. The molecule has 0 unspecified atom stereocenters. The van der Waals surface area contributed by atoms with E-state index in [1.165, 1.54) is 6.07 Å². The Hall–Kier alpha value is -2.52. The lowest BCUT2D eigenvalue weighted by molar-refractivity contribution is -0.143. The normalized spacial score (nSPS) is 15.3. The first-order chi connectivity index (χ1) is 18.4. The van der Waals surface area contributed by atoms with Crippen LogP contribution in [0.3, 0.4) is 0 Å². The zero-order valence-corrected chi connectivity index (χ0v) is 25.2. The third-order valence-electron chi connectivity index (χ3n) is 6.88. The van der Waals surface area contributed by atoms with Gasteiger partial charge in [0, 0.05) is 29.9 Å². The van der Waals surface area contributed by atoms with Gasteiger partial charge in [0.05, 0.1) is 37.1 Å². The number of ether oxygens (including phenoxy) is 2.